The standard InChI is InChI=1S/C34H44N2O3/c1-2-3-4-5-6-7-8-9-10-11-12-13-17-24-33(37)36-35-27-31-30-23-19-18-20-28(30)25-26-32(31)39-34(38)29-21-15-14-16-22-29/h14-16,18-23,25-27H,2-13,17,24H2,1H3,(H,36,37). The van der Waals surface area contributed by atoms with Gasteiger partial charge >= 0.3 is 5.97 Å². The van der Waals surface area contributed by atoms with Crippen LogP contribution in [0.25, 0.3) is 10.8 Å². The lowest BCUT2D eigenvalue weighted by Gasteiger charge is -2.10. The minimum atomic E-state index is -0.438. The molecule has 0 aliphatic carbocycles. The van der Waals surface area contributed by atoms with Crippen molar-refractivity contribution >= 4 is 28.9 Å². The zero-order valence-electron chi connectivity index (χ0n) is 23.5. The molecule has 5 nitrogen and oxygen atoms in total. The molecule has 1 N–H and O–H groups in total. The number of hydrogen-bond donors (Lipinski definition) is 1. The van der Waals surface area contributed by atoms with Crippen LogP contribution in [-0.2, 0) is 4.79 Å². The summed E-state index contributed by atoms with van der Waals surface area (Å²) in [5, 5.41) is 6.09. The maximum absolute atomic E-state index is 12.7. The van der Waals surface area contributed by atoms with E-state index in [1.165, 1.54) is 70.6 Å². The number of benzene rings is 3. The van der Waals surface area contributed by atoms with E-state index in [4.69, 9.17) is 4.74 Å². The van der Waals surface area contributed by atoms with Crippen molar-refractivity contribution in [2.75, 3.05) is 0 Å². The van der Waals surface area contributed by atoms with Gasteiger partial charge in [0.05, 0.1) is 11.8 Å². The molecule has 0 spiro atoms. The Morgan fingerprint density at radius 2 is 1.31 bits per heavy atom. The van der Waals surface area contributed by atoms with Crippen molar-refractivity contribution in [1.82, 2.24) is 5.43 Å². The Labute approximate surface area is 234 Å². The molecule has 39 heavy (non-hydrogen) atoms. The van der Waals surface area contributed by atoms with E-state index < -0.39 is 5.97 Å². The van der Waals surface area contributed by atoms with Crippen LogP contribution in [-0.4, -0.2) is 18.1 Å². The maximum atomic E-state index is 12.7. The molecule has 0 atom stereocenters. The lowest BCUT2D eigenvalue weighted by Crippen LogP contribution is -2.17. The first kappa shape index (κ1) is 30.1. The topological polar surface area (TPSA) is 67.8 Å². The van der Waals surface area contributed by atoms with Gasteiger partial charge in [0, 0.05) is 12.0 Å². The summed E-state index contributed by atoms with van der Waals surface area (Å²) in [5.74, 6) is -0.138. The van der Waals surface area contributed by atoms with Gasteiger partial charge in [-0.2, -0.15) is 5.10 Å². The first-order chi connectivity index (χ1) is 19.2. The third-order valence-electron chi connectivity index (χ3n) is 7.03. The van der Waals surface area contributed by atoms with Crippen LogP contribution in [0.4, 0.5) is 0 Å². The van der Waals surface area contributed by atoms with Crippen molar-refractivity contribution in [2.24, 2.45) is 5.10 Å². The van der Waals surface area contributed by atoms with Gasteiger partial charge < -0.3 is 4.74 Å². The molecule has 0 fully saturated rings. The molecule has 0 heterocycles. The van der Waals surface area contributed by atoms with E-state index in [-0.39, 0.29) is 5.91 Å². The number of nitrogens with zero attached hydrogens (tertiary/aromatic N) is 1. The number of fused-ring (bicyclic) bond motifs is 1. The van der Waals surface area contributed by atoms with Crippen LogP contribution in [0.5, 0.6) is 5.75 Å². The predicted molar refractivity (Wildman–Crippen MR) is 161 cm³/mol. The SMILES string of the molecule is CCCCCCCCCCCCCCCC(=O)NN=Cc1c(OC(=O)c2ccccc2)ccc2ccccc12. The molecule has 0 aliphatic rings. The average Bonchev–Trinajstić information content (AvgIpc) is 2.96. The van der Waals surface area contributed by atoms with E-state index in [2.05, 4.69) is 17.5 Å². The second-order valence-corrected chi connectivity index (χ2v) is 10.2. The van der Waals surface area contributed by atoms with Gasteiger partial charge in [-0.3, -0.25) is 4.79 Å². The van der Waals surface area contributed by atoms with E-state index in [1.807, 2.05) is 36.4 Å². The van der Waals surface area contributed by atoms with Gasteiger partial charge in [0.25, 0.3) is 0 Å². The van der Waals surface area contributed by atoms with Crippen molar-refractivity contribution in [1.29, 1.82) is 0 Å². The van der Waals surface area contributed by atoms with Crippen LogP contribution in [0.15, 0.2) is 71.8 Å². The molecule has 0 saturated carbocycles. The van der Waals surface area contributed by atoms with Crippen molar-refractivity contribution < 1.29 is 14.3 Å². The van der Waals surface area contributed by atoms with Gasteiger partial charge in [-0.25, -0.2) is 10.2 Å². The minimum Gasteiger partial charge on any atom is -0.422 e. The van der Waals surface area contributed by atoms with Crippen LogP contribution >= 0.6 is 0 Å². The Morgan fingerprint density at radius 3 is 1.97 bits per heavy atom. The molecule has 208 valence electrons. The van der Waals surface area contributed by atoms with Crippen molar-refractivity contribution in [3.05, 3.63) is 77.9 Å². The first-order valence-electron chi connectivity index (χ1n) is 14.8. The van der Waals surface area contributed by atoms with E-state index in [1.54, 1.807) is 36.5 Å². The highest BCUT2D eigenvalue weighted by molar-refractivity contribution is 6.04. The van der Waals surface area contributed by atoms with Gasteiger partial charge in [0.1, 0.15) is 5.75 Å². The van der Waals surface area contributed by atoms with E-state index >= 15 is 0 Å². The lowest BCUT2D eigenvalue weighted by molar-refractivity contribution is -0.121. The van der Waals surface area contributed by atoms with Gasteiger partial charge in [0.15, 0.2) is 0 Å². The van der Waals surface area contributed by atoms with E-state index in [0.717, 1.165) is 23.6 Å². The Morgan fingerprint density at radius 1 is 0.718 bits per heavy atom. The highest BCUT2D eigenvalue weighted by Crippen LogP contribution is 2.27. The average molecular weight is 529 g/mol. The van der Waals surface area contributed by atoms with Crippen LogP contribution in [0, 0.1) is 0 Å². The number of unbranched alkanes of at least 4 members (excludes halogenated alkanes) is 12. The summed E-state index contributed by atoms with van der Waals surface area (Å²) in [4.78, 5) is 25.0. The number of nitrogens with one attached hydrogen (secondary N) is 1. The maximum Gasteiger partial charge on any atom is 0.343 e. The van der Waals surface area contributed by atoms with Crippen LogP contribution < -0.4 is 10.2 Å². The molecule has 3 aromatic rings. The molecular weight excluding hydrogens is 484 g/mol. The normalized spacial score (nSPS) is 11.2. The highest BCUT2D eigenvalue weighted by Gasteiger charge is 2.13. The summed E-state index contributed by atoms with van der Waals surface area (Å²) in [7, 11) is 0. The van der Waals surface area contributed by atoms with Crippen LogP contribution in [0.3, 0.4) is 0 Å². The molecule has 1 amide bonds. The summed E-state index contributed by atoms with van der Waals surface area (Å²) in [6.45, 7) is 2.26. The molecule has 5 heteroatoms. The van der Waals surface area contributed by atoms with Gasteiger partial charge in [-0.1, -0.05) is 133 Å². The summed E-state index contributed by atoms with van der Waals surface area (Å²) in [6.07, 6.45) is 18.6. The predicted octanol–water partition coefficient (Wildman–Crippen LogP) is 8.99. The molecule has 0 saturated heterocycles. The van der Waals surface area contributed by atoms with Crippen molar-refractivity contribution in [3.8, 4) is 5.75 Å². The number of hydrogen-bond acceptors (Lipinski definition) is 4. The monoisotopic (exact) mass is 528 g/mol. The number of rotatable bonds is 18. The largest absolute Gasteiger partial charge is 0.422 e. The Balaban J connectivity index is 1.39. The van der Waals surface area contributed by atoms with E-state index in [9.17, 15) is 9.59 Å². The second-order valence-electron chi connectivity index (χ2n) is 10.2. The first-order valence-corrected chi connectivity index (χ1v) is 14.8. The van der Waals surface area contributed by atoms with Crippen LogP contribution in [0.2, 0.25) is 0 Å². The van der Waals surface area contributed by atoms with Crippen molar-refractivity contribution in [2.45, 2.75) is 96.8 Å². The van der Waals surface area contributed by atoms with E-state index in [0.29, 0.717) is 23.3 Å². The van der Waals surface area contributed by atoms with Crippen molar-refractivity contribution in [3.63, 3.8) is 0 Å². The van der Waals surface area contributed by atoms with Gasteiger partial charge in [0.2, 0.25) is 5.91 Å². The number of esters is 1. The third-order valence-corrected chi connectivity index (χ3v) is 7.03. The molecule has 0 bridgehead atoms. The molecule has 0 radical (unpaired) electrons. The zero-order chi connectivity index (χ0) is 27.5. The number of hydrazone groups is 1. The fourth-order valence-corrected chi connectivity index (χ4v) is 4.76. The molecule has 0 aliphatic heterocycles. The number of carbonyl (C=O) groups excluding carboxylic acids is 2. The lowest BCUT2D eigenvalue weighted by atomic mass is 10.0. The van der Waals surface area contributed by atoms with Gasteiger partial charge in [-0.15, -0.1) is 0 Å². The number of amides is 1. The second kappa shape index (κ2) is 17.9. The smallest absolute Gasteiger partial charge is 0.343 e. The Kier molecular flexibility index (Phi) is 13.8. The summed E-state index contributed by atoms with van der Waals surface area (Å²) >= 11 is 0. The summed E-state index contributed by atoms with van der Waals surface area (Å²) in [5.41, 5.74) is 3.76. The number of carbonyl (C=O) groups is 2. The zero-order valence-corrected chi connectivity index (χ0v) is 23.5. The van der Waals surface area contributed by atoms with Crippen LogP contribution in [0.1, 0.15) is 113 Å². The number of ether oxygens (including phenoxy) is 1. The molecule has 3 aromatic carbocycles. The third kappa shape index (κ3) is 11.0. The molecule has 3 rings (SSSR count). The molecule has 0 unspecified atom stereocenters. The highest BCUT2D eigenvalue weighted by atomic mass is 16.5. The summed E-state index contributed by atoms with van der Waals surface area (Å²) in [6, 6.07) is 20.4. The molecule has 0 aromatic heterocycles. The fourth-order valence-electron chi connectivity index (χ4n) is 4.76. The fraction of sp³-hybridized carbons (Fsp3) is 0.441. The quantitative estimate of drug-likeness (QED) is 0.0589. The Bertz CT molecular complexity index is 1170. The minimum absolute atomic E-state index is 0.0996. The Hall–Kier alpha value is -3.47. The van der Waals surface area contributed by atoms with Gasteiger partial charge in [-0.05, 0) is 35.4 Å². The summed E-state index contributed by atoms with van der Waals surface area (Å²) < 4.78 is 5.71. The molecular formula is C34H44N2O3.